The Hall–Kier alpha value is -2.93. The lowest BCUT2D eigenvalue weighted by Crippen LogP contribution is -2.62. The molecule has 1 saturated heterocycles. The summed E-state index contributed by atoms with van der Waals surface area (Å²) in [6, 6.07) is 10.8. The maximum absolute atomic E-state index is 13.4. The van der Waals surface area contributed by atoms with Crippen molar-refractivity contribution in [2.75, 3.05) is 19.7 Å². The molecule has 1 spiro atoms. The van der Waals surface area contributed by atoms with Crippen LogP contribution in [0.2, 0.25) is 0 Å². The zero-order chi connectivity index (χ0) is 27.6. The molecule has 1 aromatic heterocycles. The van der Waals surface area contributed by atoms with Gasteiger partial charge in [-0.2, -0.15) is 0 Å². The maximum Gasteiger partial charge on any atom is 0.340 e. The molecular formula is C32H42N2O5. The molecule has 3 aliphatic rings. The summed E-state index contributed by atoms with van der Waals surface area (Å²) in [6.45, 7) is 5.13. The molecule has 2 atom stereocenters. The molecule has 7 nitrogen and oxygen atoms in total. The second kappa shape index (κ2) is 11.3. The second-order valence-electron chi connectivity index (χ2n) is 12.1. The number of aromatic nitrogens is 1. The predicted octanol–water partition coefficient (Wildman–Crippen LogP) is 5.04. The van der Waals surface area contributed by atoms with E-state index in [0.29, 0.717) is 36.6 Å². The van der Waals surface area contributed by atoms with Gasteiger partial charge in [0.15, 0.2) is 0 Å². The van der Waals surface area contributed by atoms with E-state index in [-0.39, 0.29) is 30.5 Å². The molecule has 1 aromatic carbocycles. The van der Waals surface area contributed by atoms with Gasteiger partial charge in [-0.25, -0.2) is 4.79 Å². The Morgan fingerprint density at radius 3 is 2.46 bits per heavy atom. The fourth-order valence-corrected chi connectivity index (χ4v) is 7.13. The van der Waals surface area contributed by atoms with Crippen molar-refractivity contribution in [3.05, 3.63) is 58.5 Å². The number of nitrogens with zero attached hydrogens (tertiary/aromatic N) is 2. The summed E-state index contributed by atoms with van der Waals surface area (Å²) in [4.78, 5) is 41.8. The van der Waals surface area contributed by atoms with Gasteiger partial charge < -0.3 is 19.3 Å². The van der Waals surface area contributed by atoms with Crippen molar-refractivity contribution in [2.45, 2.75) is 83.8 Å². The Labute approximate surface area is 231 Å². The van der Waals surface area contributed by atoms with E-state index >= 15 is 0 Å². The van der Waals surface area contributed by atoms with Crippen LogP contribution in [0.25, 0.3) is 11.1 Å². The van der Waals surface area contributed by atoms with Crippen LogP contribution >= 0.6 is 0 Å². The Kier molecular flexibility index (Phi) is 7.99. The zero-order valence-corrected chi connectivity index (χ0v) is 23.4. The van der Waals surface area contributed by atoms with Gasteiger partial charge in [0.1, 0.15) is 0 Å². The van der Waals surface area contributed by atoms with Gasteiger partial charge in [0.2, 0.25) is 5.91 Å². The van der Waals surface area contributed by atoms with Crippen LogP contribution in [0.4, 0.5) is 0 Å². The molecule has 2 heterocycles. The van der Waals surface area contributed by atoms with Crippen molar-refractivity contribution in [2.24, 2.45) is 17.3 Å². The molecule has 39 heavy (non-hydrogen) atoms. The molecule has 5 rings (SSSR count). The third-order valence-electron chi connectivity index (χ3n) is 9.62. The molecule has 0 bridgehead atoms. The predicted molar refractivity (Wildman–Crippen MR) is 150 cm³/mol. The molecule has 1 unspecified atom stereocenters. The first-order chi connectivity index (χ1) is 18.7. The van der Waals surface area contributed by atoms with E-state index in [4.69, 9.17) is 4.74 Å². The van der Waals surface area contributed by atoms with Gasteiger partial charge in [-0.15, -0.1) is 0 Å². The Bertz CT molecular complexity index is 1240. The number of carbonyl (C=O) groups excluding carboxylic acids is 2. The third-order valence-corrected chi connectivity index (χ3v) is 9.62. The van der Waals surface area contributed by atoms with Crippen molar-refractivity contribution in [3.63, 3.8) is 0 Å². The second-order valence-corrected chi connectivity index (χ2v) is 12.1. The molecule has 1 aliphatic heterocycles. The van der Waals surface area contributed by atoms with Crippen molar-refractivity contribution >= 4 is 11.9 Å². The number of benzene rings is 1. The van der Waals surface area contributed by atoms with Gasteiger partial charge in [-0.1, -0.05) is 69.4 Å². The first-order valence-electron chi connectivity index (χ1n) is 14.7. The summed E-state index contributed by atoms with van der Waals surface area (Å²) in [5.41, 5.74) is -0.280. The third kappa shape index (κ3) is 5.43. The van der Waals surface area contributed by atoms with E-state index in [1.54, 1.807) is 13.1 Å². The van der Waals surface area contributed by atoms with Crippen molar-refractivity contribution in [3.8, 4) is 11.1 Å². The summed E-state index contributed by atoms with van der Waals surface area (Å²) in [5, 5.41) is 12.2. The number of carbonyl (C=O) groups is 2. The highest BCUT2D eigenvalue weighted by molar-refractivity contribution is 5.96. The highest BCUT2D eigenvalue weighted by Crippen LogP contribution is 2.52. The minimum atomic E-state index is -1.15. The van der Waals surface area contributed by atoms with Gasteiger partial charge in [-0.05, 0) is 44.1 Å². The lowest BCUT2D eigenvalue weighted by Gasteiger charge is -2.53. The van der Waals surface area contributed by atoms with E-state index in [1.165, 1.54) is 29.9 Å². The summed E-state index contributed by atoms with van der Waals surface area (Å²) in [7, 11) is 0. The molecule has 1 N–H and O–H groups in total. The highest BCUT2D eigenvalue weighted by atomic mass is 16.5. The van der Waals surface area contributed by atoms with Crippen LogP contribution in [0, 0.1) is 17.3 Å². The van der Waals surface area contributed by atoms with E-state index in [1.807, 2.05) is 42.2 Å². The average Bonchev–Trinajstić information content (AvgIpc) is 3.39. The molecule has 2 aromatic rings. The maximum atomic E-state index is 13.4. The quantitative estimate of drug-likeness (QED) is 0.479. The van der Waals surface area contributed by atoms with Gasteiger partial charge in [0, 0.05) is 42.2 Å². The van der Waals surface area contributed by atoms with Crippen LogP contribution in [0.15, 0.2) is 47.4 Å². The number of aliphatic hydroxyl groups is 1. The summed E-state index contributed by atoms with van der Waals surface area (Å²) >= 11 is 0. The summed E-state index contributed by atoms with van der Waals surface area (Å²) in [5.74, 6) is 0.378. The number of rotatable bonds is 8. The average molecular weight is 535 g/mol. The van der Waals surface area contributed by atoms with E-state index in [9.17, 15) is 19.5 Å². The molecular weight excluding hydrogens is 492 g/mol. The number of piperidine rings is 1. The van der Waals surface area contributed by atoms with Crippen LogP contribution in [0.3, 0.4) is 0 Å². The monoisotopic (exact) mass is 534 g/mol. The lowest BCUT2D eigenvalue weighted by molar-refractivity contribution is -0.163. The summed E-state index contributed by atoms with van der Waals surface area (Å²) in [6.07, 6.45) is 10.3. The van der Waals surface area contributed by atoms with E-state index in [2.05, 4.69) is 0 Å². The number of hydrogen-bond donors (Lipinski definition) is 1. The molecule has 2 aliphatic carbocycles. The molecule has 3 fully saturated rings. The molecule has 0 radical (unpaired) electrons. The normalized spacial score (nSPS) is 23.4. The van der Waals surface area contributed by atoms with Crippen molar-refractivity contribution in [1.82, 2.24) is 9.47 Å². The summed E-state index contributed by atoms with van der Waals surface area (Å²) < 4.78 is 6.82. The number of pyridine rings is 1. The SMILES string of the molecule is CCOC(=O)c1cn(CC2(O)CCN(C(=O)[C@H](C)CC3CCC3)CC23CCCC3)c(=O)cc1-c1ccccc1. The molecule has 210 valence electrons. The number of esters is 1. The van der Waals surface area contributed by atoms with Gasteiger partial charge >= 0.3 is 5.97 Å². The number of hydrogen-bond acceptors (Lipinski definition) is 5. The topological polar surface area (TPSA) is 88.8 Å². The molecule has 1 amide bonds. The van der Waals surface area contributed by atoms with Crippen molar-refractivity contribution < 1.29 is 19.4 Å². The van der Waals surface area contributed by atoms with Gasteiger partial charge in [0.05, 0.1) is 24.3 Å². The van der Waals surface area contributed by atoms with E-state index < -0.39 is 17.0 Å². The largest absolute Gasteiger partial charge is 0.462 e. The van der Waals surface area contributed by atoms with Crippen LogP contribution < -0.4 is 5.56 Å². The first kappa shape index (κ1) is 27.6. The van der Waals surface area contributed by atoms with Crippen LogP contribution in [-0.2, 0) is 16.1 Å². The fraction of sp³-hybridized carbons (Fsp3) is 0.594. The first-order valence-corrected chi connectivity index (χ1v) is 14.7. The minimum Gasteiger partial charge on any atom is -0.462 e. The standard InChI is InChI=1S/C32H42N2O5/c1-3-39-30(37)27-20-34(28(35)19-26(27)25-12-5-4-6-13-25)22-32(38)16-17-33(21-31(32)14-7-8-15-31)29(36)23(2)18-24-10-9-11-24/h4-6,12-13,19-20,23-24,38H,3,7-11,14-18,21-22H2,1-2H3/t23-,32?/m1/s1. The molecule has 7 heteroatoms. The number of likely N-dealkylation sites (tertiary alicyclic amines) is 1. The smallest absolute Gasteiger partial charge is 0.340 e. The number of amides is 1. The van der Waals surface area contributed by atoms with Crippen LogP contribution in [0.5, 0.6) is 0 Å². The minimum absolute atomic E-state index is 0.000215. The van der Waals surface area contributed by atoms with Gasteiger partial charge in [0.25, 0.3) is 5.56 Å². The molecule has 2 saturated carbocycles. The Morgan fingerprint density at radius 1 is 1.10 bits per heavy atom. The highest BCUT2D eigenvalue weighted by Gasteiger charge is 2.55. The van der Waals surface area contributed by atoms with Gasteiger partial charge in [-0.3, -0.25) is 9.59 Å². The lowest BCUT2D eigenvalue weighted by atomic mass is 9.65. The zero-order valence-electron chi connectivity index (χ0n) is 23.4. The Morgan fingerprint density at radius 2 is 1.82 bits per heavy atom. The van der Waals surface area contributed by atoms with Crippen LogP contribution in [-0.4, -0.2) is 51.7 Å². The van der Waals surface area contributed by atoms with E-state index in [0.717, 1.165) is 37.7 Å². The Balaban J connectivity index is 1.42. The fourth-order valence-electron chi connectivity index (χ4n) is 7.13. The number of ether oxygens (including phenoxy) is 1. The van der Waals surface area contributed by atoms with Crippen molar-refractivity contribution in [1.29, 1.82) is 0 Å². The van der Waals surface area contributed by atoms with Crippen LogP contribution in [0.1, 0.15) is 82.0 Å².